The van der Waals surface area contributed by atoms with Gasteiger partial charge in [-0.05, 0) is 63.8 Å². The molecule has 1 aliphatic carbocycles. The average molecular weight is 287 g/mol. The van der Waals surface area contributed by atoms with Crippen LogP contribution in [-0.2, 0) is 9.31 Å². The van der Waals surface area contributed by atoms with Crippen molar-refractivity contribution in [1.29, 1.82) is 5.26 Å². The summed E-state index contributed by atoms with van der Waals surface area (Å²) in [5.74, 6) is -0.0134. The van der Waals surface area contributed by atoms with Gasteiger partial charge in [0, 0.05) is 5.82 Å². The van der Waals surface area contributed by atoms with Crippen LogP contribution >= 0.6 is 0 Å². The largest absolute Gasteiger partial charge is 0.461 e. The lowest BCUT2D eigenvalue weighted by molar-refractivity contribution is 0.00578. The van der Waals surface area contributed by atoms with Crippen LogP contribution in [0.5, 0.6) is 0 Å². The minimum atomic E-state index is -0.363. The van der Waals surface area contributed by atoms with E-state index in [-0.39, 0.29) is 35.9 Å². The molecule has 2 fully saturated rings. The van der Waals surface area contributed by atoms with Gasteiger partial charge in [0.25, 0.3) is 0 Å². The molecule has 21 heavy (non-hydrogen) atoms. The lowest BCUT2D eigenvalue weighted by Crippen LogP contribution is -2.41. The summed E-state index contributed by atoms with van der Waals surface area (Å²) in [7, 11) is -0.301. The first-order chi connectivity index (χ1) is 9.75. The molecule has 5 heteroatoms. The monoisotopic (exact) mass is 287 g/mol. The van der Waals surface area contributed by atoms with Crippen molar-refractivity contribution >= 4 is 7.12 Å². The van der Waals surface area contributed by atoms with Crippen molar-refractivity contribution in [1.82, 2.24) is 0 Å². The van der Waals surface area contributed by atoms with Crippen molar-refractivity contribution < 1.29 is 13.7 Å². The molecule has 2 aliphatic rings. The number of hydrogen-bond acceptors (Lipinski definition) is 3. The number of hydrogen-bond donors (Lipinski definition) is 0. The Morgan fingerprint density at radius 1 is 1.24 bits per heavy atom. The van der Waals surface area contributed by atoms with Crippen molar-refractivity contribution in [3.8, 4) is 6.07 Å². The quantitative estimate of drug-likeness (QED) is 0.780. The summed E-state index contributed by atoms with van der Waals surface area (Å²) in [6, 6.07) is 6.58. The molecule has 0 bridgehead atoms. The highest BCUT2D eigenvalue weighted by molar-refractivity contribution is 6.49. The standard InChI is InChI=1S/C16H19BFNO2/c1-15(2)16(3,4)21-17(20-15)13-8-11(13)12-7-10(9-19)5-6-14(12)18/h5-7,11,13H,8H2,1-4H3/t11-,13+/m1/s1. The second-order valence-corrected chi connectivity index (χ2v) is 6.98. The number of rotatable bonds is 2. The van der Waals surface area contributed by atoms with Gasteiger partial charge in [0.05, 0.1) is 22.8 Å². The van der Waals surface area contributed by atoms with E-state index in [1.165, 1.54) is 12.1 Å². The molecule has 1 aliphatic heterocycles. The van der Waals surface area contributed by atoms with E-state index >= 15 is 0 Å². The highest BCUT2D eigenvalue weighted by Crippen LogP contribution is 2.58. The van der Waals surface area contributed by atoms with E-state index in [9.17, 15) is 4.39 Å². The van der Waals surface area contributed by atoms with Crippen LogP contribution < -0.4 is 0 Å². The Morgan fingerprint density at radius 3 is 2.43 bits per heavy atom. The summed E-state index contributed by atoms with van der Waals surface area (Å²) in [4.78, 5) is 0. The first-order valence-electron chi connectivity index (χ1n) is 7.30. The molecule has 2 atom stereocenters. The molecule has 110 valence electrons. The van der Waals surface area contributed by atoms with Crippen LogP contribution in [0.1, 0.15) is 51.2 Å². The molecular formula is C16H19BFNO2. The molecule has 1 saturated heterocycles. The number of benzene rings is 1. The molecule has 1 saturated carbocycles. The highest BCUT2D eigenvalue weighted by Gasteiger charge is 2.60. The van der Waals surface area contributed by atoms with Gasteiger partial charge in [-0.15, -0.1) is 0 Å². The van der Waals surface area contributed by atoms with Crippen LogP contribution in [-0.4, -0.2) is 18.3 Å². The maximum atomic E-state index is 14.0. The molecule has 0 N–H and O–H groups in total. The van der Waals surface area contributed by atoms with Crippen molar-refractivity contribution in [2.75, 3.05) is 0 Å². The minimum Gasteiger partial charge on any atom is -0.403 e. The van der Waals surface area contributed by atoms with Gasteiger partial charge in [-0.3, -0.25) is 0 Å². The predicted molar refractivity (Wildman–Crippen MR) is 78.3 cm³/mol. The van der Waals surface area contributed by atoms with Gasteiger partial charge in [0.2, 0.25) is 0 Å². The van der Waals surface area contributed by atoms with E-state index in [0.29, 0.717) is 11.1 Å². The summed E-state index contributed by atoms with van der Waals surface area (Å²) < 4.78 is 26.0. The summed E-state index contributed by atoms with van der Waals surface area (Å²) in [5.41, 5.74) is 0.370. The molecule has 0 aromatic heterocycles. The third-order valence-electron chi connectivity index (χ3n) is 4.99. The Morgan fingerprint density at radius 2 is 1.86 bits per heavy atom. The molecular weight excluding hydrogens is 268 g/mol. The molecule has 0 radical (unpaired) electrons. The summed E-state index contributed by atoms with van der Waals surface area (Å²) in [6.07, 6.45) is 0.836. The Kier molecular flexibility index (Phi) is 3.16. The third kappa shape index (κ3) is 2.37. The van der Waals surface area contributed by atoms with Crippen molar-refractivity contribution in [2.45, 2.75) is 57.1 Å². The van der Waals surface area contributed by atoms with E-state index in [4.69, 9.17) is 14.6 Å². The minimum absolute atomic E-state index is 0.0769. The van der Waals surface area contributed by atoms with Crippen LogP contribution in [0, 0.1) is 17.1 Å². The normalized spacial score (nSPS) is 29.2. The highest BCUT2D eigenvalue weighted by atomic mass is 19.1. The first kappa shape index (κ1) is 14.6. The van der Waals surface area contributed by atoms with E-state index in [1.54, 1.807) is 6.07 Å². The van der Waals surface area contributed by atoms with Crippen molar-refractivity contribution in [3.63, 3.8) is 0 Å². The smallest absolute Gasteiger partial charge is 0.403 e. The van der Waals surface area contributed by atoms with Crippen molar-refractivity contribution in [3.05, 3.63) is 35.1 Å². The molecule has 1 aromatic rings. The van der Waals surface area contributed by atoms with Crippen LogP contribution in [0.15, 0.2) is 18.2 Å². The van der Waals surface area contributed by atoms with Crippen LogP contribution in [0.4, 0.5) is 4.39 Å². The van der Waals surface area contributed by atoms with Gasteiger partial charge in [0.15, 0.2) is 0 Å². The lowest BCUT2D eigenvalue weighted by atomic mass is 9.79. The summed E-state index contributed by atoms with van der Waals surface area (Å²) in [5, 5.41) is 8.95. The number of nitriles is 1. The van der Waals surface area contributed by atoms with Crippen molar-refractivity contribution in [2.24, 2.45) is 0 Å². The van der Waals surface area contributed by atoms with E-state index in [2.05, 4.69) is 6.07 Å². The zero-order valence-corrected chi connectivity index (χ0v) is 12.8. The fourth-order valence-electron chi connectivity index (χ4n) is 2.83. The molecule has 1 aromatic carbocycles. The number of halogens is 1. The summed E-state index contributed by atoms with van der Waals surface area (Å²) >= 11 is 0. The zero-order valence-electron chi connectivity index (χ0n) is 12.8. The second-order valence-electron chi connectivity index (χ2n) is 6.98. The Bertz CT molecular complexity index is 607. The molecule has 0 amide bonds. The SMILES string of the molecule is CC1(C)OB([C@H]2C[C@@H]2c2cc(C#N)ccc2F)OC1(C)C. The Balaban J connectivity index is 1.78. The Hall–Kier alpha value is -1.38. The predicted octanol–water partition coefficient (Wildman–Crippen LogP) is 3.65. The van der Waals surface area contributed by atoms with E-state index in [1.807, 2.05) is 27.7 Å². The van der Waals surface area contributed by atoms with Gasteiger partial charge in [0.1, 0.15) is 5.82 Å². The zero-order chi connectivity index (χ0) is 15.4. The van der Waals surface area contributed by atoms with Gasteiger partial charge < -0.3 is 9.31 Å². The van der Waals surface area contributed by atoms with E-state index in [0.717, 1.165) is 6.42 Å². The topological polar surface area (TPSA) is 42.2 Å². The second kappa shape index (κ2) is 4.56. The molecule has 3 rings (SSSR count). The van der Waals surface area contributed by atoms with E-state index < -0.39 is 0 Å². The number of nitrogens with zero attached hydrogens (tertiary/aromatic N) is 1. The molecule has 3 nitrogen and oxygen atoms in total. The summed E-state index contributed by atoms with van der Waals surface area (Å²) in [6.45, 7) is 8.06. The van der Waals surface area contributed by atoms with Gasteiger partial charge >= 0.3 is 7.12 Å². The van der Waals surface area contributed by atoms with Crippen LogP contribution in [0.25, 0.3) is 0 Å². The maximum absolute atomic E-state index is 14.0. The van der Waals surface area contributed by atoms with Crippen LogP contribution in [0.3, 0.4) is 0 Å². The fraction of sp³-hybridized carbons (Fsp3) is 0.562. The third-order valence-corrected chi connectivity index (χ3v) is 4.99. The molecule has 0 spiro atoms. The van der Waals surface area contributed by atoms with Gasteiger partial charge in [-0.1, -0.05) is 0 Å². The average Bonchev–Trinajstić information content (AvgIpc) is 3.14. The first-order valence-corrected chi connectivity index (χ1v) is 7.30. The maximum Gasteiger partial charge on any atom is 0.461 e. The molecule has 0 unspecified atom stereocenters. The van der Waals surface area contributed by atoms with Crippen LogP contribution in [0.2, 0.25) is 5.82 Å². The van der Waals surface area contributed by atoms with Gasteiger partial charge in [-0.2, -0.15) is 5.26 Å². The fourth-order valence-corrected chi connectivity index (χ4v) is 2.83. The lowest BCUT2D eigenvalue weighted by Gasteiger charge is -2.32. The Labute approximate surface area is 125 Å². The molecule has 1 heterocycles. The van der Waals surface area contributed by atoms with Gasteiger partial charge in [-0.25, -0.2) is 4.39 Å².